The molecule has 2 heteroatoms. The minimum Gasteiger partial charge on any atom is -0.372 e. The van der Waals surface area contributed by atoms with Crippen molar-refractivity contribution in [3.05, 3.63) is 29.8 Å². The highest BCUT2D eigenvalue weighted by molar-refractivity contribution is 5.53. The van der Waals surface area contributed by atoms with Gasteiger partial charge in [-0.15, -0.1) is 0 Å². The van der Waals surface area contributed by atoms with Crippen LogP contribution in [0.3, 0.4) is 0 Å². The zero-order valence-corrected chi connectivity index (χ0v) is 8.29. The summed E-state index contributed by atoms with van der Waals surface area (Å²) in [5.74, 6) is 0. The topological polar surface area (TPSA) is 23.1 Å². The Morgan fingerprint density at radius 1 is 1.15 bits per heavy atom. The number of anilines is 1. The van der Waals surface area contributed by atoms with E-state index in [-0.39, 0.29) is 6.61 Å². The van der Waals surface area contributed by atoms with Gasteiger partial charge in [-0.2, -0.15) is 0 Å². The highest BCUT2D eigenvalue weighted by atomic mass is 16.3. The van der Waals surface area contributed by atoms with Crippen LogP contribution in [-0.4, -0.2) is 13.1 Å². The van der Waals surface area contributed by atoms with E-state index in [0.29, 0.717) is 0 Å². The first-order valence-corrected chi connectivity index (χ1v) is 4.74. The third-order valence-electron chi connectivity index (χ3n) is 2.25. The second kappa shape index (κ2) is 4.87. The molecular weight excluding hydrogens is 162 g/mol. The van der Waals surface area contributed by atoms with Crippen molar-refractivity contribution in [2.24, 2.45) is 0 Å². The van der Waals surface area contributed by atoms with Gasteiger partial charge in [0.15, 0.2) is 0 Å². The van der Waals surface area contributed by atoms with Crippen LogP contribution in [0.5, 0.6) is 0 Å². The van der Waals surface area contributed by atoms with E-state index in [9.17, 15) is 5.11 Å². The largest absolute Gasteiger partial charge is 0.372 e. The van der Waals surface area contributed by atoms with Gasteiger partial charge in [0, 0.05) is 24.3 Å². The number of para-hydroxylation sites is 1. The van der Waals surface area contributed by atoms with Gasteiger partial charge in [0.05, 0.1) is 0 Å². The molecule has 1 radical (unpaired) electrons. The summed E-state index contributed by atoms with van der Waals surface area (Å²) in [5, 5.41) is 10.9. The van der Waals surface area contributed by atoms with Crippen LogP contribution in [0.1, 0.15) is 19.4 Å². The number of hydrogen-bond acceptors (Lipinski definition) is 1. The Hall–Kier alpha value is -1.02. The molecule has 0 aromatic heterocycles. The Morgan fingerprint density at radius 2 is 1.77 bits per heavy atom. The molecule has 2 nitrogen and oxygen atoms in total. The van der Waals surface area contributed by atoms with Crippen LogP contribution in [0, 0.1) is 0 Å². The molecule has 1 aromatic carbocycles. The molecule has 71 valence electrons. The van der Waals surface area contributed by atoms with Crippen molar-refractivity contribution < 1.29 is 5.11 Å². The van der Waals surface area contributed by atoms with Gasteiger partial charge in [-0.05, 0) is 19.9 Å². The molecule has 0 spiro atoms. The highest BCUT2D eigenvalue weighted by Gasteiger charge is 2.05. The summed E-state index contributed by atoms with van der Waals surface area (Å²) >= 11 is 0. The van der Waals surface area contributed by atoms with E-state index in [0.717, 1.165) is 24.3 Å². The van der Waals surface area contributed by atoms with Gasteiger partial charge in [-0.1, -0.05) is 18.2 Å². The monoisotopic (exact) mass is 178 g/mol. The average Bonchev–Trinajstić information content (AvgIpc) is 2.20. The summed E-state index contributed by atoms with van der Waals surface area (Å²) in [6.45, 7) is 5.98. The van der Waals surface area contributed by atoms with Crippen molar-refractivity contribution in [2.75, 3.05) is 18.0 Å². The van der Waals surface area contributed by atoms with E-state index in [1.165, 1.54) is 0 Å². The van der Waals surface area contributed by atoms with Gasteiger partial charge in [0.2, 0.25) is 0 Å². The molecule has 0 N–H and O–H groups in total. The van der Waals surface area contributed by atoms with E-state index >= 15 is 0 Å². The minimum atomic E-state index is -0.132. The summed E-state index contributed by atoms with van der Waals surface area (Å²) in [7, 11) is 0. The molecule has 13 heavy (non-hydrogen) atoms. The van der Waals surface area contributed by atoms with Crippen molar-refractivity contribution >= 4 is 5.69 Å². The molecule has 1 aromatic rings. The molecule has 0 saturated carbocycles. The summed E-state index contributed by atoms with van der Waals surface area (Å²) in [4.78, 5) is 2.20. The maximum atomic E-state index is 10.9. The molecule has 0 amide bonds. The molecule has 0 fully saturated rings. The van der Waals surface area contributed by atoms with Crippen LogP contribution < -0.4 is 4.90 Å². The molecule has 0 bridgehead atoms. The molecule has 1 rings (SSSR count). The quantitative estimate of drug-likeness (QED) is 0.694. The van der Waals surface area contributed by atoms with Crippen LogP contribution in [0.25, 0.3) is 0 Å². The molecular formula is C11H16NO. The normalized spacial score (nSPS) is 10.1. The number of hydrogen-bond donors (Lipinski definition) is 0. The fourth-order valence-electron chi connectivity index (χ4n) is 1.51. The zero-order chi connectivity index (χ0) is 9.68. The Labute approximate surface area is 79.8 Å². The number of nitrogens with zero attached hydrogens (tertiary/aromatic N) is 1. The average molecular weight is 178 g/mol. The summed E-state index contributed by atoms with van der Waals surface area (Å²) in [6.07, 6.45) is 0. The van der Waals surface area contributed by atoms with Gasteiger partial charge >= 0.3 is 0 Å². The van der Waals surface area contributed by atoms with E-state index in [1.54, 1.807) is 0 Å². The molecule has 0 saturated heterocycles. The first-order chi connectivity index (χ1) is 6.33. The maximum Gasteiger partial charge on any atom is 0.109 e. The van der Waals surface area contributed by atoms with Crippen LogP contribution >= 0.6 is 0 Å². The Morgan fingerprint density at radius 3 is 2.31 bits per heavy atom. The van der Waals surface area contributed by atoms with Gasteiger partial charge in [-0.3, -0.25) is 0 Å². The first kappa shape index (κ1) is 10.1. The Bertz CT molecular complexity index is 256. The van der Waals surface area contributed by atoms with Gasteiger partial charge in [-0.25, -0.2) is 5.11 Å². The lowest BCUT2D eigenvalue weighted by Gasteiger charge is -2.23. The Balaban J connectivity index is 2.96. The molecule has 0 aliphatic heterocycles. The predicted octanol–water partition coefficient (Wildman–Crippen LogP) is 2.46. The van der Waals surface area contributed by atoms with Crippen LogP contribution in [0.2, 0.25) is 0 Å². The minimum absolute atomic E-state index is 0.132. The maximum absolute atomic E-state index is 10.9. The lowest BCUT2D eigenvalue weighted by atomic mass is 10.1. The van der Waals surface area contributed by atoms with Gasteiger partial charge in [0.25, 0.3) is 0 Å². The number of benzene rings is 1. The SMILES string of the molecule is CCN(CC)c1ccccc1C[O]. The van der Waals surface area contributed by atoms with Gasteiger partial charge in [0.1, 0.15) is 6.61 Å². The highest BCUT2D eigenvalue weighted by Crippen LogP contribution is 2.19. The van der Waals surface area contributed by atoms with E-state index in [4.69, 9.17) is 0 Å². The lowest BCUT2D eigenvalue weighted by molar-refractivity contribution is 0.178. The molecule has 0 heterocycles. The van der Waals surface area contributed by atoms with Crippen LogP contribution in [-0.2, 0) is 11.7 Å². The second-order valence-electron chi connectivity index (χ2n) is 2.95. The third kappa shape index (κ3) is 2.22. The zero-order valence-electron chi connectivity index (χ0n) is 8.29. The van der Waals surface area contributed by atoms with Gasteiger partial charge < -0.3 is 4.90 Å². The van der Waals surface area contributed by atoms with Crippen molar-refractivity contribution in [3.8, 4) is 0 Å². The predicted molar refractivity (Wildman–Crippen MR) is 54.4 cm³/mol. The van der Waals surface area contributed by atoms with E-state index in [1.807, 2.05) is 24.3 Å². The molecule has 0 aliphatic rings. The summed E-state index contributed by atoms with van der Waals surface area (Å²) in [5.41, 5.74) is 1.98. The lowest BCUT2D eigenvalue weighted by Crippen LogP contribution is -2.22. The van der Waals surface area contributed by atoms with E-state index < -0.39 is 0 Å². The molecule has 0 aliphatic carbocycles. The molecule has 0 unspecified atom stereocenters. The standard InChI is InChI=1S/C11H16NO/c1-3-12(4-2)11-8-6-5-7-10(11)9-13/h5-8H,3-4,9H2,1-2H3. The van der Waals surface area contributed by atoms with Crippen LogP contribution in [0.15, 0.2) is 24.3 Å². The third-order valence-corrected chi connectivity index (χ3v) is 2.25. The fraction of sp³-hybridized carbons (Fsp3) is 0.455. The van der Waals surface area contributed by atoms with Crippen LogP contribution in [0.4, 0.5) is 5.69 Å². The summed E-state index contributed by atoms with van der Waals surface area (Å²) in [6, 6.07) is 7.81. The first-order valence-electron chi connectivity index (χ1n) is 4.74. The smallest absolute Gasteiger partial charge is 0.109 e. The van der Waals surface area contributed by atoms with Crippen molar-refractivity contribution in [2.45, 2.75) is 20.5 Å². The van der Waals surface area contributed by atoms with Crippen molar-refractivity contribution in [3.63, 3.8) is 0 Å². The van der Waals surface area contributed by atoms with Crippen molar-refractivity contribution in [1.82, 2.24) is 0 Å². The number of rotatable bonds is 4. The Kier molecular flexibility index (Phi) is 3.77. The fourth-order valence-corrected chi connectivity index (χ4v) is 1.51. The molecule has 0 atom stereocenters. The van der Waals surface area contributed by atoms with E-state index in [2.05, 4.69) is 18.7 Å². The summed E-state index contributed by atoms with van der Waals surface area (Å²) < 4.78 is 0. The van der Waals surface area contributed by atoms with Crippen molar-refractivity contribution in [1.29, 1.82) is 0 Å². The second-order valence-corrected chi connectivity index (χ2v) is 2.95.